The highest BCUT2D eigenvalue weighted by atomic mass is 19.1. The maximum absolute atomic E-state index is 13.3. The quantitative estimate of drug-likeness (QED) is 0.778. The van der Waals surface area contributed by atoms with E-state index in [1.54, 1.807) is 6.07 Å². The zero-order chi connectivity index (χ0) is 13.3. The molecule has 0 saturated carbocycles. The summed E-state index contributed by atoms with van der Waals surface area (Å²) in [4.78, 5) is 2.34. The highest BCUT2D eigenvalue weighted by Crippen LogP contribution is 2.24. The molecule has 2 rings (SSSR count). The number of halogens is 1. The van der Waals surface area contributed by atoms with Crippen molar-refractivity contribution in [2.75, 3.05) is 6.54 Å². The fraction of sp³-hybridized carbons (Fsp3) is 0.538. The van der Waals surface area contributed by atoms with E-state index in [0.29, 0.717) is 12.0 Å². The molecule has 2 unspecified atom stereocenters. The standard InChI is InChI=1S/C13H19BFNO2/c1-9-5-10(2)16(7-9)8-11-3-4-13(15)12(6-11)14(17)18/h3-4,6,9-10,17-18H,5,7-8H2,1-2H3. The summed E-state index contributed by atoms with van der Waals surface area (Å²) in [6.45, 7) is 6.18. The average molecular weight is 251 g/mol. The lowest BCUT2D eigenvalue weighted by molar-refractivity contribution is 0.256. The van der Waals surface area contributed by atoms with Crippen LogP contribution in [0.1, 0.15) is 25.8 Å². The number of rotatable bonds is 3. The van der Waals surface area contributed by atoms with Crippen molar-refractivity contribution in [3.8, 4) is 0 Å². The van der Waals surface area contributed by atoms with Gasteiger partial charge in [-0.1, -0.05) is 19.1 Å². The van der Waals surface area contributed by atoms with Gasteiger partial charge in [0.25, 0.3) is 0 Å². The monoisotopic (exact) mass is 251 g/mol. The SMILES string of the molecule is CC1CC(C)N(Cc2ccc(F)c(B(O)O)c2)C1. The first-order chi connectivity index (χ1) is 8.47. The number of hydrogen-bond donors (Lipinski definition) is 2. The fourth-order valence-electron chi connectivity index (χ4n) is 2.73. The second-order valence-electron chi connectivity index (χ2n) is 5.35. The van der Waals surface area contributed by atoms with Gasteiger partial charge in [-0.05, 0) is 30.9 Å². The summed E-state index contributed by atoms with van der Waals surface area (Å²) < 4.78 is 13.3. The van der Waals surface area contributed by atoms with Gasteiger partial charge in [0.05, 0.1) is 0 Å². The second-order valence-corrected chi connectivity index (χ2v) is 5.35. The molecule has 1 heterocycles. The van der Waals surface area contributed by atoms with Crippen molar-refractivity contribution in [3.63, 3.8) is 0 Å². The summed E-state index contributed by atoms with van der Waals surface area (Å²) in [5.74, 6) is 0.111. The van der Waals surface area contributed by atoms with Gasteiger partial charge in [-0.2, -0.15) is 0 Å². The van der Waals surface area contributed by atoms with Gasteiger partial charge in [-0.15, -0.1) is 0 Å². The van der Waals surface area contributed by atoms with E-state index in [9.17, 15) is 4.39 Å². The maximum Gasteiger partial charge on any atom is 0.491 e. The predicted molar refractivity (Wildman–Crippen MR) is 69.9 cm³/mol. The van der Waals surface area contributed by atoms with E-state index in [1.165, 1.54) is 18.6 Å². The Morgan fingerprint density at radius 3 is 2.67 bits per heavy atom. The molecule has 0 aliphatic carbocycles. The van der Waals surface area contributed by atoms with Gasteiger partial charge in [-0.3, -0.25) is 4.90 Å². The minimum absolute atomic E-state index is 0.0487. The van der Waals surface area contributed by atoms with E-state index < -0.39 is 12.9 Å². The molecule has 1 fully saturated rings. The van der Waals surface area contributed by atoms with E-state index >= 15 is 0 Å². The molecule has 3 nitrogen and oxygen atoms in total. The Kier molecular flexibility index (Phi) is 4.05. The van der Waals surface area contributed by atoms with Gasteiger partial charge in [0.15, 0.2) is 0 Å². The van der Waals surface area contributed by atoms with Crippen LogP contribution in [0.3, 0.4) is 0 Å². The molecule has 0 spiro atoms. The normalized spacial score (nSPS) is 24.5. The van der Waals surface area contributed by atoms with Crippen molar-refractivity contribution < 1.29 is 14.4 Å². The Morgan fingerprint density at radius 1 is 1.39 bits per heavy atom. The van der Waals surface area contributed by atoms with E-state index in [1.807, 2.05) is 0 Å². The highest BCUT2D eigenvalue weighted by molar-refractivity contribution is 6.58. The van der Waals surface area contributed by atoms with Crippen molar-refractivity contribution in [1.82, 2.24) is 4.90 Å². The third-order valence-electron chi connectivity index (χ3n) is 3.64. The van der Waals surface area contributed by atoms with Gasteiger partial charge in [0.2, 0.25) is 0 Å². The molecule has 0 bridgehead atoms. The van der Waals surface area contributed by atoms with Gasteiger partial charge in [0, 0.05) is 24.6 Å². The summed E-state index contributed by atoms with van der Waals surface area (Å²) in [7, 11) is -1.75. The second kappa shape index (κ2) is 5.39. The molecule has 5 heteroatoms. The van der Waals surface area contributed by atoms with Crippen molar-refractivity contribution in [3.05, 3.63) is 29.6 Å². The molecule has 1 aromatic rings. The average Bonchev–Trinajstić information content (AvgIpc) is 2.60. The first-order valence-electron chi connectivity index (χ1n) is 6.36. The Labute approximate surface area is 107 Å². The Balaban J connectivity index is 2.12. The van der Waals surface area contributed by atoms with Gasteiger partial charge < -0.3 is 10.0 Å². The highest BCUT2D eigenvalue weighted by Gasteiger charge is 2.26. The number of benzene rings is 1. The predicted octanol–water partition coefficient (Wildman–Crippen LogP) is 0.736. The molecule has 1 aromatic carbocycles. The molecule has 0 radical (unpaired) electrons. The summed E-state index contributed by atoms with van der Waals surface area (Å²) in [5.41, 5.74) is 0.868. The third-order valence-corrected chi connectivity index (χ3v) is 3.64. The molecular weight excluding hydrogens is 232 g/mol. The topological polar surface area (TPSA) is 43.7 Å². The lowest BCUT2D eigenvalue weighted by atomic mass is 9.79. The number of nitrogens with zero attached hydrogens (tertiary/aromatic N) is 1. The Morgan fingerprint density at radius 2 is 2.11 bits per heavy atom. The zero-order valence-corrected chi connectivity index (χ0v) is 10.8. The molecule has 0 amide bonds. The van der Waals surface area contributed by atoms with E-state index in [-0.39, 0.29) is 5.46 Å². The van der Waals surface area contributed by atoms with Crippen LogP contribution in [-0.4, -0.2) is 34.7 Å². The first kappa shape index (κ1) is 13.5. The fourth-order valence-corrected chi connectivity index (χ4v) is 2.73. The van der Waals surface area contributed by atoms with E-state index in [2.05, 4.69) is 18.7 Å². The molecule has 2 atom stereocenters. The van der Waals surface area contributed by atoms with Gasteiger partial charge in [-0.25, -0.2) is 4.39 Å². The molecule has 1 aliphatic heterocycles. The van der Waals surface area contributed by atoms with Crippen LogP contribution in [0, 0.1) is 11.7 Å². The summed E-state index contributed by atoms with van der Waals surface area (Å²) in [6.07, 6.45) is 1.18. The number of hydrogen-bond acceptors (Lipinski definition) is 3. The van der Waals surface area contributed by atoms with Crippen LogP contribution in [0.2, 0.25) is 0 Å². The molecular formula is C13H19BFNO2. The molecule has 0 aromatic heterocycles. The number of likely N-dealkylation sites (tertiary alicyclic amines) is 1. The summed E-state index contributed by atoms with van der Waals surface area (Å²) in [6, 6.07) is 5.06. The van der Waals surface area contributed by atoms with Crippen LogP contribution in [0.15, 0.2) is 18.2 Å². The maximum atomic E-state index is 13.3. The van der Waals surface area contributed by atoms with Crippen molar-refractivity contribution in [2.24, 2.45) is 5.92 Å². The van der Waals surface area contributed by atoms with Crippen LogP contribution in [0.5, 0.6) is 0 Å². The lowest BCUT2D eigenvalue weighted by Gasteiger charge is -2.21. The van der Waals surface area contributed by atoms with Crippen LogP contribution < -0.4 is 5.46 Å². The van der Waals surface area contributed by atoms with Crippen LogP contribution in [0.4, 0.5) is 4.39 Å². The zero-order valence-electron chi connectivity index (χ0n) is 10.8. The van der Waals surface area contributed by atoms with Gasteiger partial charge in [0.1, 0.15) is 5.82 Å². The van der Waals surface area contributed by atoms with Crippen LogP contribution in [-0.2, 0) is 6.54 Å². The van der Waals surface area contributed by atoms with Crippen molar-refractivity contribution >= 4 is 12.6 Å². The van der Waals surface area contributed by atoms with Gasteiger partial charge >= 0.3 is 7.12 Å². The van der Waals surface area contributed by atoms with E-state index in [4.69, 9.17) is 10.0 Å². The van der Waals surface area contributed by atoms with Crippen LogP contribution >= 0.6 is 0 Å². The molecule has 18 heavy (non-hydrogen) atoms. The molecule has 2 N–H and O–H groups in total. The smallest absolute Gasteiger partial charge is 0.423 e. The first-order valence-corrected chi connectivity index (χ1v) is 6.36. The summed E-state index contributed by atoms with van der Waals surface area (Å²) in [5, 5.41) is 18.2. The minimum Gasteiger partial charge on any atom is -0.423 e. The van der Waals surface area contributed by atoms with Crippen LogP contribution in [0.25, 0.3) is 0 Å². The minimum atomic E-state index is -1.75. The summed E-state index contributed by atoms with van der Waals surface area (Å²) >= 11 is 0. The van der Waals surface area contributed by atoms with Crippen molar-refractivity contribution in [1.29, 1.82) is 0 Å². The third kappa shape index (κ3) is 2.91. The molecule has 98 valence electrons. The molecule has 1 aliphatic rings. The van der Waals surface area contributed by atoms with Crippen molar-refractivity contribution in [2.45, 2.75) is 32.9 Å². The lowest BCUT2D eigenvalue weighted by Crippen LogP contribution is -2.34. The molecule has 1 saturated heterocycles. The Bertz CT molecular complexity index is 427. The largest absolute Gasteiger partial charge is 0.491 e. The Hall–Kier alpha value is -0.905. The van der Waals surface area contributed by atoms with E-state index in [0.717, 1.165) is 18.7 Å².